The molecule has 0 saturated carbocycles. The number of carbonyl (C=O) groups is 2. The molecule has 1 fully saturated rings. The standard InChI is InChI=1S/C16H19NO4/c18-15(17-8-3-5-12(10-17)16(19)20)14-13-6-2-1-4-11(13)7-9-21-14/h1-2,4,6,12,14H,3,5,7-10H2,(H,19,20)/t12-,14+/m0/s1. The number of carboxylic acids is 1. The van der Waals surface area contributed by atoms with E-state index in [4.69, 9.17) is 9.84 Å². The van der Waals surface area contributed by atoms with E-state index >= 15 is 0 Å². The molecule has 112 valence electrons. The Morgan fingerprint density at radius 2 is 2.10 bits per heavy atom. The number of amides is 1. The number of rotatable bonds is 2. The van der Waals surface area contributed by atoms with E-state index in [1.54, 1.807) is 4.90 Å². The molecule has 21 heavy (non-hydrogen) atoms. The monoisotopic (exact) mass is 289 g/mol. The average molecular weight is 289 g/mol. The van der Waals surface area contributed by atoms with Gasteiger partial charge >= 0.3 is 5.97 Å². The predicted molar refractivity (Wildman–Crippen MR) is 75.8 cm³/mol. The van der Waals surface area contributed by atoms with Gasteiger partial charge in [0.1, 0.15) is 0 Å². The molecule has 1 aromatic rings. The topological polar surface area (TPSA) is 66.8 Å². The number of fused-ring (bicyclic) bond motifs is 1. The lowest BCUT2D eigenvalue weighted by Crippen LogP contribution is -2.45. The van der Waals surface area contributed by atoms with Crippen LogP contribution in [0.3, 0.4) is 0 Å². The number of ether oxygens (including phenoxy) is 1. The minimum Gasteiger partial charge on any atom is -0.481 e. The highest BCUT2D eigenvalue weighted by Crippen LogP contribution is 2.30. The molecule has 1 aromatic carbocycles. The lowest BCUT2D eigenvalue weighted by atomic mass is 9.94. The quantitative estimate of drug-likeness (QED) is 0.898. The third-order valence-corrected chi connectivity index (χ3v) is 4.30. The summed E-state index contributed by atoms with van der Waals surface area (Å²) in [5.41, 5.74) is 2.07. The van der Waals surface area contributed by atoms with Gasteiger partial charge in [0.05, 0.1) is 12.5 Å². The number of aliphatic carboxylic acids is 1. The lowest BCUT2D eigenvalue weighted by molar-refractivity contribution is -0.151. The van der Waals surface area contributed by atoms with Gasteiger partial charge in [0.25, 0.3) is 5.91 Å². The Bertz CT molecular complexity index is 557. The molecule has 5 heteroatoms. The second-order valence-corrected chi connectivity index (χ2v) is 5.66. The third kappa shape index (κ3) is 2.78. The molecule has 0 spiro atoms. The number of hydrogen-bond acceptors (Lipinski definition) is 3. The smallest absolute Gasteiger partial charge is 0.308 e. The van der Waals surface area contributed by atoms with Gasteiger partial charge in [0.2, 0.25) is 0 Å². The Kier molecular flexibility index (Phi) is 3.92. The highest BCUT2D eigenvalue weighted by molar-refractivity contribution is 5.84. The molecular formula is C16H19NO4. The van der Waals surface area contributed by atoms with Crippen molar-refractivity contribution in [1.29, 1.82) is 0 Å². The molecule has 0 unspecified atom stereocenters. The van der Waals surface area contributed by atoms with Crippen LogP contribution in [0.1, 0.15) is 30.1 Å². The molecule has 2 aliphatic rings. The summed E-state index contributed by atoms with van der Waals surface area (Å²) in [6.45, 7) is 1.43. The summed E-state index contributed by atoms with van der Waals surface area (Å²) in [5, 5.41) is 9.14. The summed E-state index contributed by atoms with van der Waals surface area (Å²) in [7, 11) is 0. The van der Waals surface area contributed by atoms with Crippen molar-refractivity contribution >= 4 is 11.9 Å². The number of piperidine rings is 1. The predicted octanol–water partition coefficient (Wildman–Crippen LogP) is 1.62. The van der Waals surface area contributed by atoms with Gasteiger partial charge in [0, 0.05) is 13.1 Å². The van der Waals surface area contributed by atoms with Gasteiger partial charge in [-0.05, 0) is 30.4 Å². The maximum Gasteiger partial charge on any atom is 0.308 e. The van der Waals surface area contributed by atoms with E-state index in [1.807, 2.05) is 24.3 Å². The van der Waals surface area contributed by atoms with Crippen molar-refractivity contribution in [2.45, 2.75) is 25.4 Å². The summed E-state index contributed by atoms with van der Waals surface area (Å²) >= 11 is 0. The number of nitrogens with zero attached hydrogens (tertiary/aromatic N) is 1. The summed E-state index contributed by atoms with van der Waals surface area (Å²) in [6, 6.07) is 7.82. The van der Waals surface area contributed by atoms with E-state index < -0.39 is 18.0 Å². The Hall–Kier alpha value is -1.88. The molecule has 1 amide bonds. The van der Waals surface area contributed by atoms with Crippen molar-refractivity contribution < 1.29 is 19.4 Å². The zero-order valence-corrected chi connectivity index (χ0v) is 11.8. The van der Waals surface area contributed by atoms with Gasteiger partial charge in [-0.25, -0.2) is 0 Å². The number of benzene rings is 1. The molecule has 2 heterocycles. The number of carbonyl (C=O) groups excluding carboxylic acids is 1. The van der Waals surface area contributed by atoms with Crippen LogP contribution in [0.5, 0.6) is 0 Å². The van der Waals surface area contributed by atoms with E-state index in [9.17, 15) is 9.59 Å². The van der Waals surface area contributed by atoms with E-state index in [1.165, 1.54) is 0 Å². The Labute approximate surface area is 123 Å². The van der Waals surface area contributed by atoms with Crippen molar-refractivity contribution in [1.82, 2.24) is 4.90 Å². The minimum absolute atomic E-state index is 0.104. The summed E-state index contributed by atoms with van der Waals surface area (Å²) in [4.78, 5) is 25.5. The van der Waals surface area contributed by atoms with Crippen molar-refractivity contribution in [3.05, 3.63) is 35.4 Å². The van der Waals surface area contributed by atoms with Crippen LogP contribution in [0.4, 0.5) is 0 Å². The molecular weight excluding hydrogens is 270 g/mol. The fraction of sp³-hybridized carbons (Fsp3) is 0.500. The summed E-state index contributed by atoms with van der Waals surface area (Å²) in [6.07, 6.45) is 1.61. The van der Waals surface area contributed by atoms with Crippen LogP contribution in [-0.4, -0.2) is 41.6 Å². The van der Waals surface area contributed by atoms with Crippen LogP contribution in [-0.2, 0) is 20.7 Å². The zero-order chi connectivity index (χ0) is 14.8. The fourth-order valence-electron chi connectivity index (χ4n) is 3.14. The van der Waals surface area contributed by atoms with Gasteiger partial charge in [-0.15, -0.1) is 0 Å². The second kappa shape index (κ2) is 5.85. The normalized spacial score (nSPS) is 25.2. The molecule has 1 saturated heterocycles. The Morgan fingerprint density at radius 1 is 1.29 bits per heavy atom. The summed E-state index contributed by atoms with van der Waals surface area (Å²) in [5.74, 6) is -1.38. The first-order valence-electron chi connectivity index (χ1n) is 7.38. The largest absolute Gasteiger partial charge is 0.481 e. The van der Waals surface area contributed by atoms with Gasteiger partial charge in [0.15, 0.2) is 6.10 Å². The first-order chi connectivity index (χ1) is 10.2. The molecule has 0 bridgehead atoms. The number of hydrogen-bond donors (Lipinski definition) is 1. The fourth-order valence-corrected chi connectivity index (χ4v) is 3.14. The van der Waals surface area contributed by atoms with E-state index in [0.29, 0.717) is 19.6 Å². The molecule has 0 aromatic heterocycles. The molecule has 2 aliphatic heterocycles. The third-order valence-electron chi connectivity index (χ3n) is 4.30. The maximum atomic E-state index is 12.7. The van der Waals surface area contributed by atoms with Crippen LogP contribution < -0.4 is 0 Å². The van der Waals surface area contributed by atoms with Gasteiger partial charge in [-0.1, -0.05) is 24.3 Å². The molecule has 2 atom stereocenters. The minimum atomic E-state index is -0.822. The van der Waals surface area contributed by atoms with Gasteiger partial charge < -0.3 is 14.7 Å². The van der Waals surface area contributed by atoms with Crippen molar-refractivity contribution in [2.75, 3.05) is 19.7 Å². The maximum absolute atomic E-state index is 12.7. The highest BCUT2D eigenvalue weighted by atomic mass is 16.5. The Morgan fingerprint density at radius 3 is 2.90 bits per heavy atom. The van der Waals surface area contributed by atoms with Crippen molar-refractivity contribution in [3.8, 4) is 0 Å². The molecule has 0 radical (unpaired) electrons. The van der Waals surface area contributed by atoms with E-state index in [0.717, 1.165) is 24.0 Å². The van der Waals surface area contributed by atoms with Crippen LogP contribution >= 0.6 is 0 Å². The second-order valence-electron chi connectivity index (χ2n) is 5.66. The molecule has 3 rings (SSSR count). The Balaban J connectivity index is 1.78. The molecule has 0 aliphatic carbocycles. The van der Waals surface area contributed by atoms with Crippen LogP contribution in [0.25, 0.3) is 0 Å². The van der Waals surface area contributed by atoms with Crippen LogP contribution in [0, 0.1) is 5.92 Å². The SMILES string of the molecule is O=C(O)[C@H]1CCCN(C(=O)[C@@H]2OCCc3ccccc32)C1. The molecule has 5 nitrogen and oxygen atoms in total. The first-order valence-corrected chi connectivity index (χ1v) is 7.38. The van der Waals surface area contributed by atoms with E-state index in [2.05, 4.69) is 0 Å². The number of likely N-dealkylation sites (tertiary alicyclic amines) is 1. The number of carboxylic acid groups (broad SMARTS) is 1. The zero-order valence-electron chi connectivity index (χ0n) is 11.8. The lowest BCUT2D eigenvalue weighted by Gasteiger charge is -2.35. The highest BCUT2D eigenvalue weighted by Gasteiger charge is 2.34. The van der Waals surface area contributed by atoms with Crippen molar-refractivity contribution in [3.63, 3.8) is 0 Å². The first kappa shape index (κ1) is 14.1. The van der Waals surface area contributed by atoms with E-state index in [-0.39, 0.29) is 12.5 Å². The van der Waals surface area contributed by atoms with Crippen LogP contribution in [0.15, 0.2) is 24.3 Å². The summed E-state index contributed by atoms with van der Waals surface area (Å²) < 4.78 is 5.68. The average Bonchev–Trinajstić information content (AvgIpc) is 2.53. The van der Waals surface area contributed by atoms with Crippen molar-refractivity contribution in [2.24, 2.45) is 5.92 Å². The van der Waals surface area contributed by atoms with Crippen LogP contribution in [0.2, 0.25) is 0 Å². The van der Waals surface area contributed by atoms with Gasteiger partial charge in [-0.2, -0.15) is 0 Å². The van der Waals surface area contributed by atoms with Gasteiger partial charge in [-0.3, -0.25) is 9.59 Å². The molecule has 1 N–H and O–H groups in total.